The molecule has 0 aliphatic carbocycles. The van der Waals surface area contributed by atoms with Gasteiger partial charge in [-0.05, 0) is 5.56 Å². The SMILES string of the molecule is C=CCO[C@@H]1[C@@H](O)[C@H](O)O[C@H](COCc2ccccc2)[C@@H]1O. The van der Waals surface area contributed by atoms with E-state index in [0.29, 0.717) is 6.61 Å². The molecular weight excluding hydrogens is 288 g/mol. The third-order valence-electron chi connectivity index (χ3n) is 3.46. The quantitative estimate of drug-likeness (QED) is 0.624. The van der Waals surface area contributed by atoms with Crippen LogP contribution in [0.1, 0.15) is 5.56 Å². The largest absolute Gasteiger partial charge is 0.387 e. The standard InChI is InChI=1S/C16H22O6/c1-2-8-21-15-13(17)12(22-16(19)14(15)18)10-20-9-11-6-4-3-5-7-11/h2-7,12-19H,1,8-10H2/t12-,13+,14-,15+,16-/m1/s1. The fourth-order valence-corrected chi connectivity index (χ4v) is 2.30. The number of aliphatic hydroxyl groups is 3. The van der Waals surface area contributed by atoms with Gasteiger partial charge in [-0.2, -0.15) is 0 Å². The molecule has 1 fully saturated rings. The van der Waals surface area contributed by atoms with Crippen LogP contribution in [-0.2, 0) is 20.8 Å². The highest BCUT2D eigenvalue weighted by molar-refractivity contribution is 5.13. The lowest BCUT2D eigenvalue weighted by Crippen LogP contribution is -2.59. The van der Waals surface area contributed by atoms with Crippen molar-refractivity contribution < 1.29 is 29.5 Å². The van der Waals surface area contributed by atoms with Crippen molar-refractivity contribution in [2.45, 2.75) is 37.3 Å². The smallest absolute Gasteiger partial charge is 0.184 e. The molecule has 5 atom stereocenters. The molecular formula is C16H22O6. The molecule has 0 radical (unpaired) electrons. The molecule has 0 spiro atoms. The molecule has 6 nitrogen and oxygen atoms in total. The average Bonchev–Trinajstić information content (AvgIpc) is 2.53. The van der Waals surface area contributed by atoms with Crippen LogP contribution in [0.2, 0.25) is 0 Å². The van der Waals surface area contributed by atoms with Gasteiger partial charge in [0.05, 0.1) is 19.8 Å². The van der Waals surface area contributed by atoms with Crippen LogP contribution in [0, 0.1) is 0 Å². The molecule has 6 heteroatoms. The molecule has 2 rings (SSSR count). The van der Waals surface area contributed by atoms with Gasteiger partial charge in [0.15, 0.2) is 6.29 Å². The van der Waals surface area contributed by atoms with Gasteiger partial charge in [0.25, 0.3) is 0 Å². The Morgan fingerprint density at radius 2 is 1.86 bits per heavy atom. The van der Waals surface area contributed by atoms with Crippen LogP contribution < -0.4 is 0 Å². The predicted octanol–water partition coefficient (Wildman–Crippen LogP) is 0.213. The monoisotopic (exact) mass is 310 g/mol. The lowest BCUT2D eigenvalue weighted by molar-refractivity contribution is -0.295. The first-order chi connectivity index (χ1) is 10.6. The van der Waals surface area contributed by atoms with Crippen molar-refractivity contribution >= 4 is 0 Å². The predicted molar refractivity (Wildman–Crippen MR) is 78.9 cm³/mol. The Bertz CT molecular complexity index is 451. The molecule has 1 aromatic carbocycles. The van der Waals surface area contributed by atoms with Gasteiger partial charge in [0.2, 0.25) is 0 Å². The van der Waals surface area contributed by atoms with E-state index in [9.17, 15) is 15.3 Å². The van der Waals surface area contributed by atoms with Crippen LogP contribution in [0.25, 0.3) is 0 Å². The van der Waals surface area contributed by atoms with Crippen molar-refractivity contribution in [2.24, 2.45) is 0 Å². The Labute approximate surface area is 129 Å². The molecule has 0 amide bonds. The summed E-state index contributed by atoms with van der Waals surface area (Å²) in [5, 5.41) is 29.7. The second kappa shape index (κ2) is 8.38. The molecule has 1 heterocycles. The second-order valence-electron chi connectivity index (χ2n) is 5.13. The summed E-state index contributed by atoms with van der Waals surface area (Å²) >= 11 is 0. The topological polar surface area (TPSA) is 88.4 Å². The Hall–Kier alpha value is -1.28. The fraction of sp³-hybridized carbons (Fsp3) is 0.500. The van der Waals surface area contributed by atoms with Gasteiger partial charge >= 0.3 is 0 Å². The van der Waals surface area contributed by atoms with Gasteiger partial charge < -0.3 is 29.5 Å². The first-order valence-corrected chi connectivity index (χ1v) is 7.17. The molecule has 3 N–H and O–H groups in total. The lowest BCUT2D eigenvalue weighted by Gasteiger charge is -2.40. The zero-order valence-electron chi connectivity index (χ0n) is 12.2. The van der Waals surface area contributed by atoms with Crippen LogP contribution in [0.4, 0.5) is 0 Å². The van der Waals surface area contributed by atoms with Crippen molar-refractivity contribution in [1.29, 1.82) is 0 Å². The van der Waals surface area contributed by atoms with Gasteiger partial charge in [-0.25, -0.2) is 0 Å². The second-order valence-corrected chi connectivity index (χ2v) is 5.13. The zero-order valence-corrected chi connectivity index (χ0v) is 12.2. The fourth-order valence-electron chi connectivity index (χ4n) is 2.30. The van der Waals surface area contributed by atoms with Gasteiger partial charge in [-0.15, -0.1) is 6.58 Å². The van der Waals surface area contributed by atoms with Crippen LogP contribution in [0.5, 0.6) is 0 Å². The Kier molecular flexibility index (Phi) is 6.50. The first kappa shape index (κ1) is 17.1. The summed E-state index contributed by atoms with van der Waals surface area (Å²) in [7, 11) is 0. The van der Waals surface area contributed by atoms with Crippen molar-refractivity contribution in [3.05, 3.63) is 48.6 Å². The maximum Gasteiger partial charge on any atom is 0.184 e. The number of hydrogen-bond acceptors (Lipinski definition) is 6. The molecule has 1 saturated heterocycles. The summed E-state index contributed by atoms with van der Waals surface area (Å²) in [6.45, 7) is 4.11. The molecule has 22 heavy (non-hydrogen) atoms. The van der Waals surface area contributed by atoms with E-state index in [1.54, 1.807) is 0 Å². The first-order valence-electron chi connectivity index (χ1n) is 7.17. The molecule has 1 aliphatic heterocycles. The van der Waals surface area contributed by atoms with Crippen LogP contribution in [-0.4, -0.2) is 59.2 Å². The van der Waals surface area contributed by atoms with Crippen LogP contribution >= 0.6 is 0 Å². The van der Waals surface area contributed by atoms with Gasteiger partial charge in [-0.3, -0.25) is 0 Å². The maximum absolute atomic E-state index is 10.2. The summed E-state index contributed by atoms with van der Waals surface area (Å²) in [4.78, 5) is 0. The number of rotatable bonds is 7. The number of ether oxygens (including phenoxy) is 3. The minimum atomic E-state index is -1.43. The Balaban J connectivity index is 1.87. The van der Waals surface area contributed by atoms with Gasteiger partial charge in [-0.1, -0.05) is 36.4 Å². The summed E-state index contributed by atoms with van der Waals surface area (Å²) in [5.74, 6) is 0. The number of aliphatic hydroxyl groups excluding tert-OH is 3. The minimum absolute atomic E-state index is 0.0772. The molecule has 0 saturated carbocycles. The van der Waals surface area contributed by atoms with E-state index in [1.807, 2.05) is 30.3 Å². The highest BCUT2D eigenvalue weighted by Crippen LogP contribution is 2.23. The number of benzene rings is 1. The summed E-state index contributed by atoms with van der Waals surface area (Å²) in [6, 6.07) is 9.57. The molecule has 0 unspecified atom stereocenters. The highest BCUT2D eigenvalue weighted by atomic mass is 16.7. The van der Waals surface area contributed by atoms with Crippen LogP contribution in [0.3, 0.4) is 0 Å². The Morgan fingerprint density at radius 3 is 2.55 bits per heavy atom. The molecule has 0 aromatic heterocycles. The van der Waals surface area contributed by atoms with Gasteiger partial charge in [0.1, 0.15) is 24.4 Å². The molecule has 0 bridgehead atoms. The maximum atomic E-state index is 10.2. The molecule has 1 aliphatic rings. The third-order valence-corrected chi connectivity index (χ3v) is 3.46. The molecule has 122 valence electrons. The van der Waals surface area contributed by atoms with Crippen LogP contribution in [0.15, 0.2) is 43.0 Å². The van der Waals surface area contributed by atoms with E-state index in [0.717, 1.165) is 5.56 Å². The minimum Gasteiger partial charge on any atom is -0.387 e. The van der Waals surface area contributed by atoms with Crippen molar-refractivity contribution in [1.82, 2.24) is 0 Å². The van der Waals surface area contributed by atoms with E-state index >= 15 is 0 Å². The van der Waals surface area contributed by atoms with Crippen molar-refractivity contribution in [3.63, 3.8) is 0 Å². The summed E-state index contributed by atoms with van der Waals surface area (Å²) in [6.07, 6.45) is -4.08. The number of hydrogen-bond donors (Lipinski definition) is 3. The van der Waals surface area contributed by atoms with Crippen molar-refractivity contribution in [2.75, 3.05) is 13.2 Å². The third kappa shape index (κ3) is 4.36. The Morgan fingerprint density at radius 1 is 1.14 bits per heavy atom. The van der Waals surface area contributed by atoms with E-state index in [2.05, 4.69) is 6.58 Å². The average molecular weight is 310 g/mol. The zero-order chi connectivity index (χ0) is 15.9. The normalized spacial score (nSPS) is 31.9. The van der Waals surface area contributed by atoms with E-state index in [-0.39, 0.29) is 13.2 Å². The highest BCUT2D eigenvalue weighted by Gasteiger charge is 2.44. The van der Waals surface area contributed by atoms with Crippen molar-refractivity contribution in [3.8, 4) is 0 Å². The lowest BCUT2D eigenvalue weighted by atomic mass is 9.99. The van der Waals surface area contributed by atoms with E-state index < -0.39 is 30.7 Å². The summed E-state index contributed by atoms with van der Waals surface area (Å²) in [5.41, 5.74) is 0.993. The van der Waals surface area contributed by atoms with E-state index in [4.69, 9.17) is 14.2 Å². The molecule has 1 aromatic rings. The van der Waals surface area contributed by atoms with E-state index in [1.165, 1.54) is 6.08 Å². The van der Waals surface area contributed by atoms with Gasteiger partial charge in [0, 0.05) is 0 Å². The summed E-state index contributed by atoms with van der Waals surface area (Å²) < 4.78 is 16.0.